The summed E-state index contributed by atoms with van der Waals surface area (Å²) in [5.74, 6) is 1.11. The van der Waals surface area contributed by atoms with Crippen LogP contribution in [-0.2, 0) is 0 Å². The van der Waals surface area contributed by atoms with E-state index in [0.717, 1.165) is 43.3 Å². The third-order valence-electron chi connectivity index (χ3n) is 4.27. The number of benzene rings is 1. The van der Waals surface area contributed by atoms with Crippen molar-refractivity contribution in [1.82, 2.24) is 10.2 Å². The minimum Gasteiger partial charge on any atom is -0.508 e. The molecule has 0 bridgehead atoms. The van der Waals surface area contributed by atoms with E-state index in [0.29, 0.717) is 5.75 Å². The molecule has 0 aliphatic carbocycles. The fourth-order valence-corrected chi connectivity index (χ4v) is 2.96. The number of nitrogens with zero attached hydrogens (tertiary/aromatic N) is 2. The molecule has 0 spiro atoms. The minimum atomic E-state index is 0.168. The number of hydrogen-bond donors (Lipinski definition) is 2. The lowest BCUT2D eigenvalue weighted by Gasteiger charge is -2.37. The quantitative estimate of drug-likeness (QED) is 0.874. The Kier molecular flexibility index (Phi) is 5.48. The molecule has 21 heavy (non-hydrogen) atoms. The lowest BCUT2D eigenvalue weighted by atomic mass is 10.1. The number of phenolic OH excluding ortho intramolecular Hbond substituents is 1. The van der Waals surface area contributed by atoms with Crippen molar-refractivity contribution in [2.45, 2.75) is 26.8 Å². The second-order valence-corrected chi connectivity index (χ2v) is 6.43. The van der Waals surface area contributed by atoms with Gasteiger partial charge in [-0.25, -0.2) is 0 Å². The molecule has 1 aliphatic rings. The summed E-state index contributed by atoms with van der Waals surface area (Å²) in [5, 5.41) is 13.4. The van der Waals surface area contributed by atoms with Crippen LogP contribution in [0.3, 0.4) is 0 Å². The third kappa shape index (κ3) is 4.11. The summed E-state index contributed by atoms with van der Waals surface area (Å²) in [5.41, 5.74) is 2.09. The predicted octanol–water partition coefficient (Wildman–Crippen LogP) is 2.45. The van der Waals surface area contributed by atoms with E-state index in [2.05, 4.69) is 42.0 Å². The second kappa shape index (κ2) is 7.14. The number of rotatable bonds is 5. The van der Waals surface area contributed by atoms with Crippen LogP contribution >= 0.6 is 0 Å². The Morgan fingerprint density at radius 3 is 2.33 bits per heavy atom. The van der Waals surface area contributed by atoms with E-state index in [4.69, 9.17) is 0 Å². The van der Waals surface area contributed by atoms with Crippen LogP contribution in [-0.4, -0.2) is 49.8 Å². The molecule has 0 amide bonds. The molecule has 4 heteroatoms. The highest BCUT2D eigenvalue weighted by Crippen LogP contribution is 2.29. The van der Waals surface area contributed by atoms with Crippen LogP contribution in [0.4, 0.5) is 5.69 Å². The molecule has 1 saturated heterocycles. The van der Waals surface area contributed by atoms with Crippen molar-refractivity contribution in [2.75, 3.05) is 44.7 Å². The summed E-state index contributed by atoms with van der Waals surface area (Å²) in [4.78, 5) is 4.89. The van der Waals surface area contributed by atoms with Crippen molar-refractivity contribution in [2.24, 2.45) is 5.92 Å². The average Bonchev–Trinajstić information content (AvgIpc) is 2.46. The van der Waals surface area contributed by atoms with Crippen LogP contribution in [0.25, 0.3) is 0 Å². The van der Waals surface area contributed by atoms with Gasteiger partial charge < -0.3 is 15.3 Å². The van der Waals surface area contributed by atoms with Crippen molar-refractivity contribution >= 4 is 5.69 Å². The standard InChI is InChI=1S/C17H29N3O/c1-13(2)12-19-7-9-20(10-8-19)15-5-6-16(14(3)18-4)17(21)11-15/h5-6,11,13-14,18,21H,7-10,12H2,1-4H3. The Bertz CT molecular complexity index is 453. The molecule has 0 radical (unpaired) electrons. The number of hydrogen-bond acceptors (Lipinski definition) is 4. The molecule has 1 aromatic carbocycles. The van der Waals surface area contributed by atoms with Gasteiger partial charge in [-0.1, -0.05) is 19.9 Å². The van der Waals surface area contributed by atoms with Gasteiger partial charge in [0.15, 0.2) is 0 Å². The zero-order valence-electron chi connectivity index (χ0n) is 13.8. The van der Waals surface area contributed by atoms with Crippen LogP contribution in [0.2, 0.25) is 0 Å². The molecule has 118 valence electrons. The van der Waals surface area contributed by atoms with Crippen LogP contribution in [0.1, 0.15) is 32.4 Å². The molecular weight excluding hydrogens is 262 g/mol. The highest BCUT2D eigenvalue weighted by Gasteiger charge is 2.19. The molecule has 0 aromatic heterocycles. The van der Waals surface area contributed by atoms with Gasteiger partial charge >= 0.3 is 0 Å². The fraction of sp³-hybridized carbons (Fsp3) is 0.647. The van der Waals surface area contributed by atoms with Crippen LogP contribution in [0.15, 0.2) is 18.2 Å². The molecule has 1 aromatic rings. The van der Waals surface area contributed by atoms with E-state index in [1.165, 1.54) is 6.54 Å². The molecule has 2 rings (SSSR count). The number of nitrogens with one attached hydrogen (secondary N) is 1. The monoisotopic (exact) mass is 291 g/mol. The summed E-state index contributed by atoms with van der Waals surface area (Å²) < 4.78 is 0. The number of phenols is 1. The van der Waals surface area contributed by atoms with Gasteiger partial charge in [0.25, 0.3) is 0 Å². The summed E-state index contributed by atoms with van der Waals surface area (Å²) >= 11 is 0. The lowest BCUT2D eigenvalue weighted by Crippen LogP contribution is -2.47. The van der Waals surface area contributed by atoms with Gasteiger partial charge in [0.05, 0.1) is 0 Å². The van der Waals surface area contributed by atoms with E-state index in [-0.39, 0.29) is 6.04 Å². The lowest BCUT2D eigenvalue weighted by molar-refractivity contribution is 0.231. The third-order valence-corrected chi connectivity index (χ3v) is 4.27. The molecule has 2 N–H and O–H groups in total. The Hall–Kier alpha value is -1.26. The highest BCUT2D eigenvalue weighted by atomic mass is 16.3. The largest absolute Gasteiger partial charge is 0.508 e. The van der Waals surface area contributed by atoms with Crippen molar-refractivity contribution in [1.29, 1.82) is 0 Å². The van der Waals surface area contributed by atoms with E-state index in [1.54, 1.807) is 0 Å². The minimum absolute atomic E-state index is 0.168. The van der Waals surface area contributed by atoms with Crippen molar-refractivity contribution < 1.29 is 5.11 Å². The van der Waals surface area contributed by atoms with E-state index < -0.39 is 0 Å². The van der Waals surface area contributed by atoms with Crippen LogP contribution in [0.5, 0.6) is 5.75 Å². The van der Waals surface area contributed by atoms with Gasteiger partial charge in [-0.3, -0.25) is 4.90 Å². The maximum atomic E-state index is 10.2. The zero-order valence-corrected chi connectivity index (χ0v) is 13.8. The molecule has 1 fully saturated rings. The van der Waals surface area contributed by atoms with Gasteiger partial charge in [0.2, 0.25) is 0 Å². The predicted molar refractivity (Wildman–Crippen MR) is 89.1 cm³/mol. The van der Waals surface area contributed by atoms with Crippen molar-refractivity contribution in [3.05, 3.63) is 23.8 Å². The second-order valence-electron chi connectivity index (χ2n) is 6.43. The first-order valence-electron chi connectivity index (χ1n) is 7.98. The molecule has 4 nitrogen and oxygen atoms in total. The summed E-state index contributed by atoms with van der Waals surface area (Å²) in [6.07, 6.45) is 0. The Labute approximate surface area is 128 Å². The summed E-state index contributed by atoms with van der Waals surface area (Å²) in [7, 11) is 1.91. The smallest absolute Gasteiger partial charge is 0.122 e. The highest BCUT2D eigenvalue weighted by molar-refractivity contribution is 5.54. The molecular formula is C17H29N3O. The summed E-state index contributed by atoms with van der Waals surface area (Å²) in [6, 6.07) is 6.23. The number of piperazine rings is 1. The Morgan fingerprint density at radius 1 is 1.14 bits per heavy atom. The van der Waals surface area contributed by atoms with Crippen molar-refractivity contribution in [3.63, 3.8) is 0 Å². The average molecular weight is 291 g/mol. The number of aromatic hydroxyl groups is 1. The van der Waals surface area contributed by atoms with Crippen LogP contribution < -0.4 is 10.2 Å². The van der Waals surface area contributed by atoms with Gasteiger partial charge in [-0.15, -0.1) is 0 Å². The zero-order chi connectivity index (χ0) is 15.4. The first-order chi connectivity index (χ1) is 10.0. The maximum absolute atomic E-state index is 10.2. The molecule has 1 unspecified atom stereocenters. The van der Waals surface area contributed by atoms with Crippen LogP contribution in [0, 0.1) is 5.92 Å². The first-order valence-corrected chi connectivity index (χ1v) is 7.98. The maximum Gasteiger partial charge on any atom is 0.122 e. The van der Waals surface area contributed by atoms with Gasteiger partial charge in [0.1, 0.15) is 5.75 Å². The molecule has 0 saturated carbocycles. The van der Waals surface area contributed by atoms with Gasteiger partial charge in [-0.2, -0.15) is 0 Å². The van der Waals surface area contributed by atoms with E-state index in [9.17, 15) is 5.11 Å². The first kappa shape index (κ1) is 16.1. The normalized spacial score (nSPS) is 18.2. The van der Waals surface area contributed by atoms with E-state index in [1.807, 2.05) is 19.2 Å². The van der Waals surface area contributed by atoms with E-state index >= 15 is 0 Å². The molecule has 1 heterocycles. The fourth-order valence-electron chi connectivity index (χ4n) is 2.96. The van der Waals surface area contributed by atoms with Crippen molar-refractivity contribution in [3.8, 4) is 5.75 Å². The topological polar surface area (TPSA) is 38.7 Å². The Morgan fingerprint density at radius 2 is 1.81 bits per heavy atom. The molecule has 1 aliphatic heterocycles. The Balaban J connectivity index is 1.99. The molecule has 1 atom stereocenters. The number of anilines is 1. The van der Waals surface area contributed by atoms with Gasteiger partial charge in [0, 0.05) is 56.1 Å². The SMILES string of the molecule is CNC(C)c1ccc(N2CCN(CC(C)C)CC2)cc1O. The summed E-state index contributed by atoms with van der Waals surface area (Å²) in [6.45, 7) is 12.1. The van der Waals surface area contributed by atoms with Gasteiger partial charge in [-0.05, 0) is 26.0 Å².